The lowest BCUT2D eigenvalue weighted by molar-refractivity contribution is 0.132. The van der Waals surface area contributed by atoms with Crippen LogP contribution in [0.1, 0.15) is 25.1 Å². The smallest absolute Gasteiger partial charge is 0.405 e. The summed E-state index contributed by atoms with van der Waals surface area (Å²) in [6.45, 7) is 7.39. The first kappa shape index (κ1) is 23.6. The van der Waals surface area contributed by atoms with Crippen molar-refractivity contribution in [3.63, 3.8) is 0 Å². The number of nitrogens with zero attached hydrogens (tertiary/aromatic N) is 6. The summed E-state index contributed by atoms with van der Waals surface area (Å²) in [6, 6.07) is 10.1. The van der Waals surface area contributed by atoms with Crippen molar-refractivity contribution in [1.82, 2.24) is 19.7 Å². The van der Waals surface area contributed by atoms with Crippen molar-refractivity contribution < 1.29 is 13.9 Å². The molecule has 0 saturated heterocycles. The summed E-state index contributed by atoms with van der Waals surface area (Å²) < 4.78 is 21.1. The Bertz CT molecular complexity index is 1220. The summed E-state index contributed by atoms with van der Waals surface area (Å²) in [6.07, 6.45) is 2.27. The molecule has 3 rings (SSSR count). The van der Waals surface area contributed by atoms with Gasteiger partial charge in [0, 0.05) is 30.2 Å². The highest BCUT2D eigenvalue weighted by molar-refractivity contribution is 5.97. The lowest BCUT2D eigenvalue weighted by Crippen LogP contribution is -2.34. The fraction of sp³-hybridized carbons (Fsp3) is 0.261. The van der Waals surface area contributed by atoms with E-state index in [1.54, 1.807) is 42.2 Å². The first-order valence-corrected chi connectivity index (χ1v) is 10.3. The van der Waals surface area contributed by atoms with Gasteiger partial charge in [0.25, 0.3) is 0 Å². The number of pyridine rings is 1. The minimum Gasteiger partial charge on any atom is -0.405 e. The Balaban J connectivity index is 1.86. The molecule has 0 aliphatic carbocycles. The molecule has 0 aliphatic heterocycles. The second-order valence-corrected chi connectivity index (χ2v) is 7.52. The van der Waals surface area contributed by atoms with E-state index in [2.05, 4.69) is 26.8 Å². The number of ether oxygens (including phenoxy) is 1. The summed E-state index contributed by atoms with van der Waals surface area (Å²) in [4.78, 5) is 26.0. The number of hydrogen-bond acceptors (Lipinski definition) is 6. The number of nitrogens with two attached hydrogens (primary N) is 1. The van der Waals surface area contributed by atoms with Crippen molar-refractivity contribution in [2.75, 3.05) is 7.05 Å². The third-order valence-electron chi connectivity index (χ3n) is 4.98. The first-order chi connectivity index (χ1) is 15.8. The van der Waals surface area contributed by atoms with E-state index < -0.39 is 6.09 Å². The van der Waals surface area contributed by atoms with Crippen LogP contribution in [0.2, 0.25) is 0 Å². The van der Waals surface area contributed by atoms with Gasteiger partial charge in [0.1, 0.15) is 5.82 Å². The molecule has 2 N–H and O–H groups in total. The van der Waals surface area contributed by atoms with Crippen molar-refractivity contribution >= 4 is 29.7 Å². The quantitative estimate of drug-likeness (QED) is 0.320. The summed E-state index contributed by atoms with van der Waals surface area (Å²) >= 11 is 0. The van der Waals surface area contributed by atoms with Crippen LogP contribution < -0.4 is 5.73 Å². The van der Waals surface area contributed by atoms with E-state index in [4.69, 9.17) is 10.5 Å². The van der Waals surface area contributed by atoms with Gasteiger partial charge in [0.05, 0.1) is 25.0 Å². The predicted octanol–water partition coefficient (Wildman–Crippen LogP) is 3.49. The number of fused-ring (bicyclic) bond motifs is 1. The number of halogens is 1. The van der Waals surface area contributed by atoms with E-state index >= 15 is 0 Å². The summed E-state index contributed by atoms with van der Waals surface area (Å²) in [5.74, 6) is -0.370. The number of hydrogen-bond donors (Lipinski definition) is 1. The van der Waals surface area contributed by atoms with E-state index in [9.17, 15) is 9.18 Å². The van der Waals surface area contributed by atoms with E-state index in [0.717, 1.165) is 5.39 Å². The number of aliphatic imine (C=N–C) groups is 2. The minimum atomic E-state index is -0.595. The highest BCUT2D eigenvalue weighted by Gasteiger charge is 2.18. The third-order valence-corrected chi connectivity index (χ3v) is 4.98. The second-order valence-electron chi connectivity index (χ2n) is 7.52. The average Bonchev–Trinajstić information content (AvgIpc) is 3.15. The molecular formula is C23H26FN7O2. The first-order valence-electron chi connectivity index (χ1n) is 10.3. The maximum absolute atomic E-state index is 14.1. The Morgan fingerprint density at radius 1 is 1.33 bits per heavy atom. The topological polar surface area (TPSA) is 111 Å². The largest absolute Gasteiger partial charge is 0.415 e. The van der Waals surface area contributed by atoms with Crippen LogP contribution in [0.4, 0.5) is 9.18 Å². The molecule has 33 heavy (non-hydrogen) atoms. The predicted molar refractivity (Wildman–Crippen MR) is 125 cm³/mol. The third kappa shape index (κ3) is 5.59. The molecule has 0 spiro atoms. The number of amides is 1. The van der Waals surface area contributed by atoms with E-state index in [-0.39, 0.29) is 36.5 Å². The van der Waals surface area contributed by atoms with Gasteiger partial charge >= 0.3 is 6.09 Å². The molecule has 0 atom stereocenters. The minimum absolute atomic E-state index is 0.0179. The Hall–Kier alpha value is -4.08. The molecule has 2 aromatic heterocycles. The van der Waals surface area contributed by atoms with Crippen LogP contribution >= 0.6 is 0 Å². The Kier molecular flexibility index (Phi) is 7.50. The van der Waals surface area contributed by atoms with Crippen molar-refractivity contribution in [3.05, 3.63) is 71.6 Å². The van der Waals surface area contributed by atoms with Crippen molar-refractivity contribution in [3.8, 4) is 0 Å². The van der Waals surface area contributed by atoms with Crippen LogP contribution in [0.25, 0.3) is 11.0 Å². The standard InChI is InChI=1S/C23H26FN7O2/c1-15(2)30(4)23(32)33-20(13-26-3)21(25)28-12-19-17-9-7-11-27-22(17)31(29-19)14-16-8-5-6-10-18(16)24/h5-11,13,15H,3,12,14H2,1-2,4H3,(H2,25,28)/b20-13+. The monoisotopic (exact) mass is 451 g/mol. The van der Waals surface area contributed by atoms with Crippen molar-refractivity contribution in [2.24, 2.45) is 15.7 Å². The molecule has 0 saturated carbocycles. The molecule has 172 valence electrons. The Labute approximate surface area is 191 Å². The van der Waals surface area contributed by atoms with E-state index in [0.29, 0.717) is 16.9 Å². The SMILES string of the molecule is C=N/C=C(/OC(=O)N(C)C(C)C)C(N)=NCc1nn(Cc2ccccc2F)c2ncccc12. The van der Waals surface area contributed by atoms with Gasteiger partial charge in [0.2, 0.25) is 0 Å². The van der Waals surface area contributed by atoms with E-state index in [1.165, 1.54) is 17.2 Å². The Morgan fingerprint density at radius 3 is 2.79 bits per heavy atom. The summed E-state index contributed by atoms with van der Waals surface area (Å²) in [5, 5.41) is 5.33. The average molecular weight is 452 g/mol. The van der Waals surface area contributed by atoms with Crippen molar-refractivity contribution in [1.29, 1.82) is 0 Å². The molecular weight excluding hydrogens is 425 g/mol. The normalized spacial score (nSPS) is 12.3. The van der Waals surface area contributed by atoms with Crippen LogP contribution in [0.5, 0.6) is 0 Å². The van der Waals surface area contributed by atoms with Gasteiger partial charge in [-0.3, -0.25) is 9.98 Å². The van der Waals surface area contributed by atoms with Gasteiger partial charge in [-0.1, -0.05) is 18.2 Å². The fourth-order valence-electron chi connectivity index (χ4n) is 2.93. The highest BCUT2D eigenvalue weighted by atomic mass is 19.1. The molecule has 1 amide bonds. The molecule has 0 unspecified atom stereocenters. The molecule has 0 bridgehead atoms. The highest BCUT2D eigenvalue weighted by Crippen LogP contribution is 2.19. The number of carbonyl (C=O) groups excluding carboxylic acids is 1. The number of aromatic nitrogens is 3. The van der Waals surface area contributed by atoms with E-state index in [1.807, 2.05) is 19.9 Å². The van der Waals surface area contributed by atoms with Gasteiger partial charge in [-0.25, -0.2) is 18.9 Å². The van der Waals surface area contributed by atoms with Crippen LogP contribution in [0.3, 0.4) is 0 Å². The summed E-state index contributed by atoms with van der Waals surface area (Å²) in [5.41, 5.74) is 7.75. The zero-order valence-corrected chi connectivity index (χ0v) is 18.8. The number of benzene rings is 1. The molecule has 9 nitrogen and oxygen atoms in total. The van der Waals surface area contributed by atoms with Crippen LogP contribution in [0.15, 0.2) is 64.5 Å². The molecule has 3 aromatic rings. The Morgan fingerprint density at radius 2 is 2.09 bits per heavy atom. The lowest BCUT2D eigenvalue weighted by atomic mass is 10.2. The zero-order valence-electron chi connectivity index (χ0n) is 18.8. The van der Waals surface area contributed by atoms with Crippen LogP contribution in [-0.2, 0) is 17.8 Å². The van der Waals surface area contributed by atoms with Gasteiger partial charge in [-0.15, -0.1) is 0 Å². The maximum atomic E-state index is 14.1. The van der Waals surface area contributed by atoms with Crippen molar-refractivity contribution in [2.45, 2.75) is 33.0 Å². The van der Waals surface area contributed by atoms with Gasteiger partial charge < -0.3 is 15.4 Å². The fourth-order valence-corrected chi connectivity index (χ4v) is 2.93. The number of amidine groups is 1. The molecule has 0 fully saturated rings. The van der Waals surface area contributed by atoms with Crippen LogP contribution in [-0.4, -0.2) is 51.4 Å². The zero-order chi connectivity index (χ0) is 24.0. The molecule has 0 radical (unpaired) electrons. The van der Waals surface area contributed by atoms with Gasteiger partial charge in [0.15, 0.2) is 17.2 Å². The maximum Gasteiger partial charge on any atom is 0.415 e. The van der Waals surface area contributed by atoms with Gasteiger partial charge in [-0.05, 0) is 38.8 Å². The van der Waals surface area contributed by atoms with Gasteiger partial charge in [-0.2, -0.15) is 5.10 Å². The number of rotatable bonds is 8. The molecule has 1 aromatic carbocycles. The molecule has 10 heteroatoms. The van der Waals surface area contributed by atoms with Crippen LogP contribution in [0, 0.1) is 5.82 Å². The molecule has 0 aliphatic rings. The molecule has 2 heterocycles. The second kappa shape index (κ2) is 10.5. The summed E-state index contributed by atoms with van der Waals surface area (Å²) in [7, 11) is 1.61. The lowest BCUT2D eigenvalue weighted by Gasteiger charge is -2.21. The number of carbonyl (C=O) groups is 1.